The number of nitrogens with one attached hydrogen (secondary N) is 1. The van der Waals surface area contributed by atoms with Crippen molar-refractivity contribution < 1.29 is 4.79 Å². The summed E-state index contributed by atoms with van der Waals surface area (Å²) >= 11 is 0. The number of hydrogen-bond donors (Lipinski definition) is 1. The van der Waals surface area contributed by atoms with Gasteiger partial charge in [-0.15, -0.1) is 0 Å². The lowest BCUT2D eigenvalue weighted by atomic mass is 9.82. The number of carbonyl (C=O) groups excluding carboxylic acids is 1. The smallest absolute Gasteiger partial charge is 0.240 e. The van der Waals surface area contributed by atoms with Crippen molar-refractivity contribution in [2.75, 3.05) is 0 Å². The van der Waals surface area contributed by atoms with Gasteiger partial charge in [-0.1, -0.05) is 27.2 Å². The maximum atomic E-state index is 12.1. The number of nitriles is 1. The van der Waals surface area contributed by atoms with Gasteiger partial charge in [0.1, 0.15) is 5.41 Å². The van der Waals surface area contributed by atoms with Crippen molar-refractivity contribution in [3.63, 3.8) is 0 Å². The van der Waals surface area contributed by atoms with Crippen molar-refractivity contribution in [2.45, 2.75) is 58.9 Å². The fourth-order valence-electron chi connectivity index (χ4n) is 2.45. The van der Waals surface area contributed by atoms with E-state index in [0.717, 1.165) is 6.42 Å². The highest BCUT2D eigenvalue weighted by Gasteiger charge is 2.37. The Morgan fingerprint density at radius 1 is 1.44 bits per heavy atom. The Balaban J connectivity index is 2.66. The fraction of sp³-hybridized carbons (Fsp3) is 0.846. The maximum Gasteiger partial charge on any atom is 0.240 e. The van der Waals surface area contributed by atoms with E-state index in [4.69, 9.17) is 0 Å². The molecule has 0 spiro atoms. The number of hydrogen-bond acceptors (Lipinski definition) is 2. The van der Waals surface area contributed by atoms with Gasteiger partial charge in [0.05, 0.1) is 6.07 Å². The zero-order valence-corrected chi connectivity index (χ0v) is 10.5. The van der Waals surface area contributed by atoms with Crippen LogP contribution in [0.15, 0.2) is 0 Å². The minimum absolute atomic E-state index is 0.0706. The molecule has 90 valence electrons. The fourth-order valence-corrected chi connectivity index (χ4v) is 2.45. The monoisotopic (exact) mass is 222 g/mol. The first-order chi connectivity index (χ1) is 7.59. The van der Waals surface area contributed by atoms with Gasteiger partial charge in [0, 0.05) is 6.04 Å². The van der Waals surface area contributed by atoms with E-state index in [2.05, 4.69) is 18.3 Å². The largest absolute Gasteiger partial charge is 0.352 e. The molecule has 1 N–H and O–H groups in total. The summed E-state index contributed by atoms with van der Waals surface area (Å²) in [6.07, 6.45) is 4.61. The van der Waals surface area contributed by atoms with Crippen molar-refractivity contribution in [1.82, 2.24) is 5.32 Å². The molecule has 0 aromatic heterocycles. The molecule has 1 fully saturated rings. The van der Waals surface area contributed by atoms with E-state index in [1.165, 1.54) is 12.8 Å². The van der Waals surface area contributed by atoms with Crippen LogP contribution >= 0.6 is 0 Å². The van der Waals surface area contributed by atoms with E-state index < -0.39 is 5.41 Å². The number of carbonyl (C=O) groups is 1. The van der Waals surface area contributed by atoms with Gasteiger partial charge < -0.3 is 5.32 Å². The molecule has 1 aliphatic carbocycles. The summed E-state index contributed by atoms with van der Waals surface area (Å²) in [7, 11) is 0. The standard InChI is InChI=1S/C13H22N2O/c1-4-13(5-2,9-14)12(16)15-11-8-6-7-10(11)3/h10-11H,4-8H2,1-3H3,(H,15,16). The zero-order chi connectivity index (χ0) is 12.2. The van der Waals surface area contributed by atoms with E-state index in [9.17, 15) is 10.1 Å². The predicted molar refractivity (Wildman–Crippen MR) is 63.6 cm³/mol. The Morgan fingerprint density at radius 2 is 2.06 bits per heavy atom. The Hall–Kier alpha value is -1.04. The van der Waals surface area contributed by atoms with Gasteiger partial charge >= 0.3 is 0 Å². The van der Waals surface area contributed by atoms with Crippen LogP contribution in [0.1, 0.15) is 52.9 Å². The summed E-state index contributed by atoms with van der Waals surface area (Å²) in [4.78, 5) is 12.1. The van der Waals surface area contributed by atoms with Crippen LogP contribution in [0.25, 0.3) is 0 Å². The summed E-state index contributed by atoms with van der Waals surface area (Å²) < 4.78 is 0. The third kappa shape index (κ3) is 2.37. The van der Waals surface area contributed by atoms with Crippen LogP contribution in [0.3, 0.4) is 0 Å². The molecule has 1 aliphatic rings. The topological polar surface area (TPSA) is 52.9 Å². The van der Waals surface area contributed by atoms with Gasteiger partial charge in [0.2, 0.25) is 5.91 Å². The molecule has 16 heavy (non-hydrogen) atoms. The first-order valence-corrected chi connectivity index (χ1v) is 6.31. The van der Waals surface area contributed by atoms with Crippen LogP contribution in [0.2, 0.25) is 0 Å². The third-order valence-electron chi connectivity index (χ3n) is 4.03. The van der Waals surface area contributed by atoms with E-state index in [-0.39, 0.29) is 11.9 Å². The van der Waals surface area contributed by atoms with Gasteiger partial charge in [0.25, 0.3) is 0 Å². The highest BCUT2D eigenvalue weighted by Crippen LogP contribution is 2.29. The Labute approximate surface area is 98.2 Å². The van der Waals surface area contributed by atoms with E-state index in [1.807, 2.05) is 13.8 Å². The summed E-state index contributed by atoms with van der Waals surface area (Å²) in [6, 6.07) is 2.47. The summed E-state index contributed by atoms with van der Waals surface area (Å²) in [5.74, 6) is 0.479. The van der Waals surface area contributed by atoms with Crippen molar-refractivity contribution in [1.29, 1.82) is 5.26 Å². The molecule has 0 bridgehead atoms. The second kappa shape index (κ2) is 5.34. The molecular weight excluding hydrogens is 200 g/mol. The Kier molecular flexibility index (Phi) is 4.35. The van der Waals surface area contributed by atoms with E-state index >= 15 is 0 Å². The lowest BCUT2D eigenvalue weighted by Gasteiger charge is -2.26. The van der Waals surface area contributed by atoms with Crippen LogP contribution < -0.4 is 5.32 Å². The molecule has 0 aromatic carbocycles. The molecule has 0 aromatic rings. The van der Waals surface area contributed by atoms with Gasteiger partial charge in [-0.25, -0.2) is 0 Å². The molecule has 1 saturated carbocycles. The van der Waals surface area contributed by atoms with Crippen LogP contribution in [0.4, 0.5) is 0 Å². The first kappa shape index (κ1) is 13.0. The second-order valence-electron chi connectivity index (χ2n) is 4.89. The molecule has 1 rings (SSSR count). The summed E-state index contributed by atoms with van der Waals surface area (Å²) in [6.45, 7) is 5.98. The molecule has 0 heterocycles. The van der Waals surface area contributed by atoms with Crippen molar-refractivity contribution in [2.24, 2.45) is 11.3 Å². The molecule has 3 nitrogen and oxygen atoms in total. The molecule has 1 amide bonds. The highest BCUT2D eigenvalue weighted by molar-refractivity contribution is 5.85. The number of nitrogens with zero attached hydrogens (tertiary/aromatic N) is 1. The molecule has 0 aliphatic heterocycles. The average Bonchev–Trinajstić information content (AvgIpc) is 2.68. The summed E-state index contributed by atoms with van der Waals surface area (Å²) in [5, 5.41) is 12.2. The second-order valence-corrected chi connectivity index (χ2v) is 4.89. The van der Waals surface area contributed by atoms with Crippen LogP contribution in [0, 0.1) is 22.7 Å². The molecular formula is C13H22N2O. The molecule has 2 unspecified atom stereocenters. The predicted octanol–water partition coefficient (Wildman–Crippen LogP) is 2.62. The van der Waals surface area contributed by atoms with Crippen LogP contribution in [-0.2, 0) is 4.79 Å². The average molecular weight is 222 g/mol. The van der Waals surface area contributed by atoms with Crippen LogP contribution in [-0.4, -0.2) is 11.9 Å². The maximum absolute atomic E-state index is 12.1. The lowest BCUT2D eigenvalue weighted by molar-refractivity contribution is -0.129. The molecule has 0 radical (unpaired) electrons. The van der Waals surface area contributed by atoms with Gasteiger partial charge in [-0.3, -0.25) is 4.79 Å². The van der Waals surface area contributed by atoms with Crippen molar-refractivity contribution in [3.8, 4) is 6.07 Å². The number of rotatable bonds is 4. The molecule has 3 heteroatoms. The van der Waals surface area contributed by atoms with Crippen molar-refractivity contribution in [3.05, 3.63) is 0 Å². The Bertz CT molecular complexity index is 289. The minimum atomic E-state index is -0.817. The Morgan fingerprint density at radius 3 is 2.44 bits per heavy atom. The first-order valence-electron chi connectivity index (χ1n) is 6.31. The van der Waals surface area contributed by atoms with Gasteiger partial charge in [0.15, 0.2) is 0 Å². The zero-order valence-electron chi connectivity index (χ0n) is 10.5. The SMILES string of the molecule is CCC(C#N)(CC)C(=O)NC1CCCC1C. The number of amides is 1. The van der Waals surface area contributed by atoms with Gasteiger partial charge in [-0.2, -0.15) is 5.26 Å². The van der Waals surface area contributed by atoms with Crippen molar-refractivity contribution >= 4 is 5.91 Å². The molecule has 2 atom stereocenters. The lowest BCUT2D eigenvalue weighted by Crippen LogP contribution is -2.45. The van der Waals surface area contributed by atoms with E-state index in [0.29, 0.717) is 18.8 Å². The molecule has 0 saturated heterocycles. The van der Waals surface area contributed by atoms with E-state index in [1.54, 1.807) is 0 Å². The highest BCUT2D eigenvalue weighted by atomic mass is 16.2. The van der Waals surface area contributed by atoms with Crippen LogP contribution in [0.5, 0.6) is 0 Å². The minimum Gasteiger partial charge on any atom is -0.352 e. The quantitative estimate of drug-likeness (QED) is 0.795. The van der Waals surface area contributed by atoms with Gasteiger partial charge in [-0.05, 0) is 31.6 Å². The third-order valence-corrected chi connectivity index (χ3v) is 4.03. The summed E-state index contributed by atoms with van der Waals surface area (Å²) in [5.41, 5.74) is -0.817. The normalized spacial score (nSPS) is 25.1.